The Bertz CT molecular complexity index is 848. The van der Waals surface area contributed by atoms with E-state index in [9.17, 15) is 22.8 Å². The number of carbonyl (C=O) groups excluding carboxylic acids is 1. The van der Waals surface area contributed by atoms with Gasteiger partial charge in [-0.05, 0) is 29.7 Å². The Balaban J connectivity index is 1.82. The van der Waals surface area contributed by atoms with Crippen molar-refractivity contribution in [2.24, 2.45) is 0 Å². The van der Waals surface area contributed by atoms with Crippen LogP contribution >= 0.6 is 0 Å². The molecular formula is C20H18F3NO4. The Morgan fingerprint density at radius 2 is 1.82 bits per heavy atom. The SMILES string of the molecule is O=C(NCCC=Cc1ccc(C(=O)O)c(C(F)(F)F)c1)OCc1ccccc1. The number of rotatable bonds is 7. The molecule has 8 heteroatoms. The Labute approximate surface area is 159 Å². The van der Waals surface area contributed by atoms with E-state index in [1.807, 2.05) is 30.3 Å². The molecule has 0 aliphatic carbocycles. The van der Waals surface area contributed by atoms with Crippen LogP contribution in [0.1, 0.15) is 33.5 Å². The van der Waals surface area contributed by atoms with E-state index in [-0.39, 0.29) is 18.7 Å². The zero-order valence-corrected chi connectivity index (χ0v) is 14.7. The summed E-state index contributed by atoms with van der Waals surface area (Å²) < 4.78 is 43.9. The molecule has 2 aromatic carbocycles. The quantitative estimate of drug-likeness (QED) is 0.667. The first-order valence-electron chi connectivity index (χ1n) is 8.33. The number of hydrogen-bond donors (Lipinski definition) is 2. The first-order chi connectivity index (χ1) is 13.3. The van der Waals surface area contributed by atoms with Crippen molar-refractivity contribution in [3.8, 4) is 0 Å². The van der Waals surface area contributed by atoms with Crippen molar-refractivity contribution >= 4 is 18.1 Å². The number of halogens is 3. The highest BCUT2D eigenvalue weighted by Crippen LogP contribution is 2.33. The van der Waals surface area contributed by atoms with Crippen LogP contribution in [0, 0.1) is 0 Å². The molecule has 0 saturated carbocycles. The van der Waals surface area contributed by atoms with Crippen molar-refractivity contribution in [3.63, 3.8) is 0 Å². The molecule has 0 bridgehead atoms. The van der Waals surface area contributed by atoms with Gasteiger partial charge in [-0.1, -0.05) is 48.6 Å². The fourth-order valence-electron chi connectivity index (χ4n) is 2.34. The fourth-order valence-corrected chi connectivity index (χ4v) is 2.34. The van der Waals surface area contributed by atoms with Crippen LogP contribution < -0.4 is 5.32 Å². The van der Waals surface area contributed by atoms with Crippen LogP contribution in [0.5, 0.6) is 0 Å². The third-order valence-corrected chi connectivity index (χ3v) is 3.68. The van der Waals surface area contributed by atoms with Gasteiger partial charge < -0.3 is 15.2 Å². The van der Waals surface area contributed by atoms with Crippen molar-refractivity contribution in [2.45, 2.75) is 19.2 Å². The summed E-state index contributed by atoms with van der Waals surface area (Å²) in [7, 11) is 0. The van der Waals surface area contributed by atoms with E-state index >= 15 is 0 Å². The lowest BCUT2D eigenvalue weighted by atomic mass is 10.0. The van der Waals surface area contributed by atoms with Crippen LogP contribution in [-0.4, -0.2) is 23.7 Å². The molecule has 1 amide bonds. The first kappa shape index (κ1) is 21.0. The molecule has 28 heavy (non-hydrogen) atoms. The van der Waals surface area contributed by atoms with Crippen molar-refractivity contribution in [3.05, 3.63) is 76.9 Å². The highest BCUT2D eigenvalue weighted by atomic mass is 19.4. The highest BCUT2D eigenvalue weighted by Gasteiger charge is 2.35. The summed E-state index contributed by atoms with van der Waals surface area (Å²) in [6.45, 7) is 0.377. The molecule has 0 spiro atoms. The zero-order chi connectivity index (χ0) is 20.6. The second-order valence-corrected chi connectivity index (χ2v) is 5.79. The molecule has 0 heterocycles. The number of carbonyl (C=O) groups is 2. The number of benzene rings is 2. The maximum Gasteiger partial charge on any atom is 0.417 e. The van der Waals surface area contributed by atoms with Crippen molar-refractivity contribution in [1.82, 2.24) is 5.32 Å². The Hall–Kier alpha value is -3.29. The maximum absolute atomic E-state index is 13.0. The number of amides is 1. The van der Waals surface area contributed by atoms with Gasteiger partial charge in [0.25, 0.3) is 0 Å². The third-order valence-electron chi connectivity index (χ3n) is 3.68. The minimum Gasteiger partial charge on any atom is -0.478 e. The molecular weight excluding hydrogens is 375 g/mol. The topological polar surface area (TPSA) is 75.6 Å². The monoisotopic (exact) mass is 393 g/mol. The van der Waals surface area contributed by atoms with Gasteiger partial charge in [-0.15, -0.1) is 0 Å². The van der Waals surface area contributed by atoms with E-state index in [2.05, 4.69) is 5.32 Å². The minimum absolute atomic E-state index is 0.138. The summed E-state index contributed by atoms with van der Waals surface area (Å²) in [5.74, 6) is -1.64. The number of hydrogen-bond acceptors (Lipinski definition) is 3. The maximum atomic E-state index is 13.0. The van der Waals surface area contributed by atoms with Crippen LogP contribution in [0.3, 0.4) is 0 Å². The van der Waals surface area contributed by atoms with Gasteiger partial charge in [0.2, 0.25) is 0 Å². The molecule has 0 atom stereocenters. The van der Waals surface area contributed by atoms with Gasteiger partial charge in [0, 0.05) is 6.54 Å². The highest BCUT2D eigenvalue weighted by molar-refractivity contribution is 5.90. The Kier molecular flexibility index (Phi) is 7.20. The summed E-state index contributed by atoms with van der Waals surface area (Å²) >= 11 is 0. The molecule has 0 fully saturated rings. The number of alkyl carbamates (subject to hydrolysis) is 1. The number of alkyl halides is 3. The molecule has 0 unspecified atom stereocenters. The smallest absolute Gasteiger partial charge is 0.417 e. The summed E-state index contributed by atoms with van der Waals surface area (Å²) in [5, 5.41) is 11.4. The van der Waals surface area contributed by atoms with E-state index in [1.165, 1.54) is 12.1 Å². The molecule has 0 aliphatic rings. The van der Waals surface area contributed by atoms with Gasteiger partial charge in [0.1, 0.15) is 6.61 Å². The van der Waals surface area contributed by atoms with Crippen LogP contribution in [-0.2, 0) is 17.5 Å². The average Bonchev–Trinajstić information content (AvgIpc) is 2.66. The number of carboxylic acids is 1. The van der Waals surface area contributed by atoms with Crippen LogP contribution in [0.2, 0.25) is 0 Å². The number of carboxylic acid groups (broad SMARTS) is 1. The van der Waals surface area contributed by atoms with Crippen molar-refractivity contribution in [2.75, 3.05) is 6.54 Å². The third kappa shape index (κ3) is 6.46. The van der Waals surface area contributed by atoms with E-state index in [1.54, 1.807) is 6.08 Å². The molecule has 0 saturated heterocycles. The van der Waals surface area contributed by atoms with Crippen LogP contribution in [0.15, 0.2) is 54.6 Å². The van der Waals surface area contributed by atoms with Gasteiger partial charge >= 0.3 is 18.2 Å². The molecule has 148 valence electrons. The van der Waals surface area contributed by atoms with Gasteiger partial charge in [-0.3, -0.25) is 0 Å². The predicted octanol–water partition coefficient (Wildman–Crippen LogP) is 4.73. The van der Waals surface area contributed by atoms with E-state index in [0.717, 1.165) is 17.7 Å². The summed E-state index contributed by atoms with van der Waals surface area (Å²) in [5.41, 5.74) is -0.941. The molecule has 0 aromatic heterocycles. The van der Waals surface area contributed by atoms with Gasteiger partial charge in [-0.2, -0.15) is 13.2 Å². The Morgan fingerprint density at radius 3 is 2.46 bits per heavy atom. The molecule has 0 aliphatic heterocycles. The van der Waals surface area contributed by atoms with Crippen LogP contribution in [0.25, 0.3) is 6.08 Å². The second-order valence-electron chi connectivity index (χ2n) is 5.79. The summed E-state index contributed by atoms with van der Waals surface area (Å²) in [4.78, 5) is 22.5. The number of ether oxygens (including phenoxy) is 1. The molecule has 2 rings (SSSR count). The summed E-state index contributed by atoms with van der Waals surface area (Å²) in [6.07, 6.45) is -1.99. The number of nitrogens with one attached hydrogen (secondary N) is 1. The fraction of sp³-hybridized carbons (Fsp3) is 0.200. The van der Waals surface area contributed by atoms with Crippen molar-refractivity contribution < 1.29 is 32.6 Å². The largest absolute Gasteiger partial charge is 0.478 e. The first-order valence-corrected chi connectivity index (χ1v) is 8.33. The van der Waals surface area contributed by atoms with Gasteiger partial charge in [-0.25, -0.2) is 9.59 Å². The molecule has 2 aromatic rings. The molecule has 5 nitrogen and oxygen atoms in total. The molecule has 0 radical (unpaired) electrons. The second kappa shape index (κ2) is 9.59. The lowest BCUT2D eigenvalue weighted by Gasteiger charge is -2.11. The van der Waals surface area contributed by atoms with Crippen LogP contribution in [0.4, 0.5) is 18.0 Å². The van der Waals surface area contributed by atoms with E-state index < -0.39 is 29.4 Å². The number of aromatic carboxylic acids is 1. The Morgan fingerprint density at radius 1 is 1.11 bits per heavy atom. The van der Waals surface area contributed by atoms with Gasteiger partial charge in [0.05, 0.1) is 11.1 Å². The standard InChI is InChI=1S/C20H18F3NO4/c21-20(22,23)17-12-14(9-10-16(17)18(25)26)6-4-5-11-24-19(27)28-13-15-7-2-1-3-8-15/h1-4,6-10,12H,5,11,13H2,(H,24,27)(H,25,26). The zero-order valence-electron chi connectivity index (χ0n) is 14.7. The molecule has 2 N–H and O–H groups in total. The average molecular weight is 393 g/mol. The minimum atomic E-state index is -4.76. The van der Waals surface area contributed by atoms with Gasteiger partial charge in [0.15, 0.2) is 0 Å². The van der Waals surface area contributed by atoms with E-state index in [4.69, 9.17) is 9.84 Å². The van der Waals surface area contributed by atoms with E-state index in [0.29, 0.717) is 6.42 Å². The normalized spacial score (nSPS) is 11.4. The predicted molar refractivity (Wildman–Crippen MR) is 96.7 cm³/mol. The lowest BCUT2D eigenvalue weighted by Crippen LogP contribution is -2.24. The summed E-state index contributed by atoms with van der Waals surface area (Å²) in [6, 6.07) is 12.1. The van der Waals surface area contributed by atoms with Crippen molar-refractivity contribution in [1.29, 1.82) is 0 Å². The lowest BCUT2D eigenvalue weighted by molar-refractivity contribution is -0.138.